The van der Waals surface area contributed by atoms with Crippen molar-refractivity contribution in [2.75, 3.05) is 13.1 Å². The fourth-order valence-electron chi connectivity index (χ4n) is 3.20. The number of carbonyl (C=O) groups excluding carboxylic acids is 1. The SMILES string of the molecule is CC(C)Oc1ccccc1CC(=O)N1CCC[C@H](n2ccnc2)C1. The maximum absolute atomic E-state index is 12.8. The van der Waals surface area contributed by atoms with E-state index in [0.29, 0.717) is 12.5 Å². The van der Waals surface area contributed by atoms with Crippen LogP contribution in [0, 0.1) is 0 Å². The lowest BCUT2D eigenvalue weighted by molar-refractivity contribution is -0.132. The molecule has 128 valence electrons. The lowest BCUT2D eigenvalue weighted by Gasteiger charge is -2.33. The van der Waals surface area contributed by atoms with Crippen LogP contribution < -0.4 is 4.74 Å². The number of nitrogens with zero attached hydrogens (tertiary/aromatic N) is 3. The zero-order chi connectivity index (χ0) is 16.9. The fraction of sp³-hybridized carbons (Fsp3) is 0.474. The third-order valence-corrected chi connectivity index (χ3v) is 4.37. The number of para-hydroxylation sites is 1. The third-order valence-electron chi connectivity index (χ3n) is 4.37. The van der Waals surface area contributed by atoms with Gasteiger partial charge in [-0.2, -0.15) is 0 Å². The first-order valence-electron chi connectivity index (χ1n) is 8.63. The predicted molar refractivity (Wildman–Crippen MR) is 93.0 cm³/mol. The van der Waals surface area contributed by atoms with Crippen molar-refractivity contribution in [1.82, 2.24) is 14.5 Å². The van der Waals surface area contributed by atoms with E-state index >= 15 is 0 Å². The third kappa shape index (κ3) is 3.96. The Balaban J connectivity index is 1.66. The van der Waals surface area contributed by atoms with Crippen LogP contribution in [0.1, 0.15) is 38.3 Å². The van der Waals surface area contributed by atoms with Gasteiger partial charge in [-0.25, -0.2) is 4.98 Å². The molecule has 0 radical (unpaired) electrons. The molecule has 2 aromatic rings. The molecule has 1 fully saturated rings. The maximum Gasteiger partial charge on any atom is 0.227 e. The number of imidazole rings is 1. The Labute approximate surface area is 143 Å². The number of hydrogen-bond donors (Lipinski definition) is 0. The first kappa shape index (κ1) is 16.6. The monoisotopic (exact) mass is 327 g/mol. The van der Waals surface area contributed by atoms with Gasteiger partial charge < -0.3 is 14.2 Å². The number of rotatable bonds is 5. The van der Waals surface area contributed by atoms with Crippen molar-refractivity contribution >= 4 is 5.91 Å². The first-order valence-corrected chi connectivity index (χ1v) is 8.63. The smallest absolute Gasteiger partial charge is 0.227 e. The summed E-state index contributed by atoms with van der Waals surface area (Å²) >= 11 is 0. The molecule has 24 heavy (non-hydrogen) atoms. The van der Waals surface area contributed by atoms with Crippen molar-refractivity contribution in [3.05, 3.63) is 48.5 Å². The Kier molecular flexibility index (Phi) is 5.18. The van der Waals surface area contributed by atoms with Crippen molar-refractivity contribution in [1.29, 1.82) is 0 Å². The topological polar surface area (TPSA) is 47.4 Å². The van der Waals surface area contributed by atoms with Crippen LogP contribution in [0.5, 0.6) is 5.75 Å². The van der Waals surface area contributed by atoms with E-state index in [9.17, 15) is 4.79 Å². The van der Waals surface area contributed by atoms with E-state index in [-0.39, 0.29) is 12.0 Å². The summed E-state index contributed by atoms with van der Waals surface area (Å²) in [6, 6.07) is 8.15. The van der Waals surface area contributed by atoms with Crippen molar-refractivity contribution in [3.8, 4) is 5.75 Å². The second-order valence-corrected chi connectivity index (χ2v) is 6.60. The summed E-state index contributed by atoms with van der Waals surface area (Å²) in [7, 11) is 0. The van der Waals surface area contributed by atoms with Gasteiger partial charge in [0.15, 0.2) is 0 Å². The minimum absolute atomic E-state index is 0.0989. The van der Waals surface area contributed by atoms with E-state index in [0.717, 1.165) is 37.2 Å². The molecule has 5 nitrogen and oxygen atoms in total. The molecule has 1 atom stereocenters. The molecule has 3 rings (SSSR count). The van der Waals surface area contributed by atoms with Gasteiger partial charge in [-0.05, 0) is 32.8 Å². The largest absolute Gasteiger partial charge is 0.491 e. The molecular formula is C19H25N3O2. The van der Waals surface area contributed by atoms with E-state index in [1.165, 1.54) is 0 Å². The average Bonchev–Trinajstić information content (AvgIpc) is 3.11. The molecule has 1 aliphatic rings. The van der Waals surface area contributed by atoms with Gasteiger partial charge in [0.2, 0.25) is 5.91 Å². The van der Waals surface area contributed by atoms with Crippen molar-refractivity contribution < 1.29 is 9.53 Å². The van der Waals surface area contributed by atoms with Gasteiger partial charge in [-0.15, -0.1) is 0 Å². The molecule has 1 amide bonds. The zero-order valence-corrected chi connectivity index (χ0v) is 14.4. The summed E-state index contributed by atoms with van der Waals surface area (Å²) in [5.74, 6) is 0.976. The van der Waals surface area contributed by atoms with E-state index in [4.69, 9.17) is 4.74 Å². The van der Waals surface area contributed by atoms with Gasteiger partial charge in [0.05, 0.1) is 24.9 Å². The van der Waals surface area contributed by atoms with Crippen LogP contribution in [0.15, 0.2) is 43.0 Å². The van der Waals surface area contributed by atoms with Crippen molar-refractivity contribution in [3.63, 3.8) is 0 Å². The Hall–Kier alpha value is -2.30. The quantitative estimate of drug-likeness (QED) is 0.848. The summed E-state index contributed by atoms with van der Waals surface area (Å²) in [5.41, 5.74) is 0.959. The van der Waals surface area contributed by atoms with Gasteiger partial charge in [-0.1, -0.05) is 18.2 Å². The lowest BCUT2D eigenvalue weighted by Crippen LogP contribution is -2.41. The molecule has 2 heterocycles. The minimum atomic E-state index is 0.0989. The average molecular weight is 327 g/mol. The van der Waals surface area contributed by atoms with Gasteiger partial charge in [-0.3, -0.25) is 4.79 Å². The first-order chi connectivity index (χ1) is 11.6. The highest BCUT2D eigenvalue weighted by molar-refractivity contribution is 5.79. The summed E-state index contributed by atoms with van der Waals surface area (Å²) < 4.78 is 7.94. The van der Waals surface area contributed by atoms with E-state index < -0.39 is 0 Å². The van der Waals surface area contributed by atoms with Crippen LogP contribution in [0.4, 0.5) is 0 Å². The molecular weight excluding hydrogens is 302 g/mol. The molecule has 0 N–H and O–H groups in total. The summed E-state index contributed by atoms with van der Waals surface area (Å²) in [6.45, 7) is 5.58. The Morgan fingerprint density at radius 2 is 2.21 bits per heavy atom. The highest BCUT2D eigenvalue weighted by Crippen LogP contribution is 2.24. The molecule has 1 aromatic heterocycles. The van der Waals surface area contributed by atoms with Crippen molar-refractivity contribution in [2.45, 2.75) is 45.3 Å². The summed E-state index contributed by atoms with van der Waals surface area (Å²) in [5, 5.41) is 0. The number of amides is 1. The van der Waals surface area contributed by atoms with Crippen molar-refractivity contribution in [2.24, 2.45) is 0 Å². The Bertz CT molecular complexity index is 667. The number of aromatic nitrogens is 2. The van der Waals surface area contributed by atoms with Crippen LogP contribution in [0.25, 0.3) is 0 Å². The Morgan fingerprint density at radius 3 is 2.96 bits per heavy atom. The molecule has 0 bridgehead atoms. The second kappa shape index (κ2) is 7.51. The Morgan fingerprint density at radius 1 is 1.38 bits per heavy atom. The molecule has 1 saturated heterocycles. The highest BCUT2D eigenvalue weighted by atomic mass is 16.5. The van der Waals surface area contributed by atoms with Crippen LogP contribution >= 0.6 is 0 Å². The number of carbonyl (C=O) groups is 1. The zero-order valence-electron chi connectivity index (χ0n) is 14.4. The lowest BCUT2D eigenvalue weighted by atomic mass is 10.0. The number of likely N-dealkylation sites (tertiary alicyclic amines) is 1. The van der Waals surface area contributed by atoms with Crippen LogP contribution in [-0.2, 0) is 11.2 Å². The molecule has 0 aliphatic carbocycles. The highest BCUT2D eigenvalue weighted by Gasteiger charge is 2.25. The van der Waals surface area contributed by atoms with E-state index in [1.807, 2.05) is 55.5 Å². The predicted octanol–water partition coefficient (Wildman–Crippen LogP) is 3.08. The number of piperidine rings is 1. The number of benzene rings is 1. The standard InChI is InChI=1S/C19H25N3O2/c1-15(2)24-18-8-4-3-6-16(18)12-19(23)21-10-5-7-17(13-21)22-11-9-20-14-22/h3-4,6,8-9,11,14-15,17H,5,7,10,12-13H2,1-2H3/t17-/m0/s1. The van der Waals surface area contributed by atoms with Gasteiger partial charge in [0.25, 0.3) is 0 Å². The second-order valence-electron chi connectivity index (χ2n) is 6.60. The van der Waals surface area contributed by atoms with E-state index in [1.54, 1.807) is 6.20 Å². The number of hydrogen-bond acceptors (Lipinski definition) is 3. The minimum Gasteiger partial charge on any atom is -0.491 e. The molecule has 0 saturated carbocycles. The molecule has 5 heteroatoms. The van der Waals surface area contributed by atoms with Gasteiger partial charge >= 0.3 is 0 Å². The molecule has 1 aliphatic heterocycles. The van der Waals surface area contributed by atoms with Crippen LogP contribution in [0.3, 0.4) is 0 Å². The number of ether oxygens (including phenoxy) is 1. The summed E-state index contributed by atoms with van der Waals surface area (Å²) in [6.07, 6.45) is 8.21. The summed E-state index contributed by atoms with van der Waals surface area (Å²) in [4.78, 5) is 18.9. The normalized spacial score (nSPS) is 18.0. The fourth-order valence-corrected chi connectivity index (χ4v) is 3.20. The van der Waals surface area contributed by atoms with Crippen LogP contribution in [-0.4, -0.2) is 39.6 Å². The van der Waals surface area contributed by atoms with Gasteiger partial charge in [0, 0.05) is 31.0 Å². The molecule has 0 unspecified atom stereocenters. The van der Waals surface area contributed by atoms with E-state index in [2.05, 4.69) is 9.55 Å². The molecule has 1 aromatic carbocycles. The molecule has 0 spiro atoms. The van der Waals surface area contributed by atoms with Gasteiger partial charge in [0.1, 0.15) is 5.75 Å². The van der Waals surface area contributed by atoms with Crippen LogP contribution in [0.2, 0.25) is 0 Å². The maximum atomic E-state index is 12.8.